The Morgan fingerprint density at radius 1 is 1.60 bits per heavy atom. The molecule has 2 unspecified atom stereocenters. The van der Waals surface area contributed by atoms with Gasteiger partial charge in [-0.05, 0) is 17.9 Å². The molecule has 0 N–H and O–H groups in total. The minimum absolute atomic E-state index is 0.206. The van der Waals surface area contributed by atoms with E-state index in [9.17, 15) is 9.18 Å². The van der Waals surface area contributed by atoms with E-state index in [1.807, 2.05) is 13.8 Å². The highest BCUT2D eigenvalue weighted by Gasteiger charge is 2.23. The Balaban J connectivity index is 2.79. The van der Waals surface area contributed by atoms with E-state index in [4.69, 9.17) is 0 Å². The number of halogens is 1. The van der Waals surface area contributed by atoms with Gasteiger partial charge in [-0.25, -0.2) is 4.39 Å². The first-order chi connectivity index (χ1) is 4.61. The number of ketones is 1. The fourth-order valence-corrected chi connectivity index (χ4v) is 1.06. The van der Waals surface area contributed by atoms with Crippen LogP contribution >= 0.6 is 0 Å². The standard InChI is InChI=1S/C8H11FO/c1-5-3-7(9)8(10)4-6(5)2/h3,5-6H,4H2,1-2H3. The number of carbonyl (C=O) groups excluding carboxylic acids is 1. The van der Waals surface area contributed by atoms with Crippen molar-refractivity contribution in [3.8, 4) is 0 Å². The van der Waals surface area contributed by atoms with Crippen LogP contribution in [0.2, 0.25) is 0 Å². The highest BCUT2D eigenvalue weighted by molar-refractivity contribution is 5.94. The van der Waals surface area contributed by atoms with Gasteiger partial charge < -0.3 is 0 Å². The van der Waals surface area contributed by atoms with Crippen LogP contribution in [-0.4, -0.2) is 5.78 Å². The zero-order valence-corrected chi connectivity index (χ0v) is 6.23. The van der Waals surface area contributed by atoms with Gasteiger partial charge in [0.25, 0.3) is 0 Å². The molecule has 56 valence electrons. The summed E-state index contributed by atoms with van der Waals surface area (Å²) >= 11 is 0. The van der Waals surface area contributed by atoms with Crippen LogP contribution in [0.25, 0.3) is 0 Å². The first kappa shape index (κ1) is 7.45. The smallest absolute Gasteiger partial charge is 0.191 e. The third kappa shape index (κ3) is 1.25. The number of allylic oxidation sites excluding steroid dienone is 2. The van der Waals surface area contributed by atoms with Gasteiger partial charge in [0.15, 0.2) is 11.6 Å². The molecule has 0 bridgehead atoms. The van der Waals surface area contributed by atoms with Gasteiger partial charge in [-0.2, -0.15) is 0 Å². The van der Waals surface area contributed by atoms with Crippen LogP contribution in [0, 0.1) is 11.8 Å². The molecule has 0 aromatic carbocycles. The number of hydrogen-bond acceptors (Lipinski definition) is 1. The number of hydrogen-bond donors (Lipinski definition) is 0. The lowest BCUT2D eigenvalue weighted by Gasteiger charge is -2.19. The van der Waals surface area contributed by atoms with Gasteiger partial charge in [-0.3, -0.25) is 4.79 Å². The second-order valence-corrected chi connectivity index (χ2v) is 2.98. The fourth-order valence-electron chi connectivity index (χ4n) is 1.06. The van der Waals surface area contributed by atoms with E-state index in [1.54, 1.807) is 0 Å². The maximum Gasteiger partial charge on any atom is 0.191 e. The molecule has 0 spiro atoms. The molecule has 0 heterocycles. The summed E-state index contributed by atoms with van der Waals surface area (Å²) < 4.78 is 12.5. The third-order valence-electron chi connectivity index (χ3n) is 2.08. The van der Waals surface area contributed by atoms with E-state index >= 15 is 0 Å². The quantitative estimate of drug-likeness (QED) is 0.506. The zero-order chi connectivity index (χ0) is 7.72. The molecule has 2 atom stereocenters. The van der Waals surface area contributed by atoms with E-state index in [0.717, 1.165) is 0 Å². The first-order valence-electron chi connectivity index (χ1n) is 3.51. The summed E-state index contributed by atoms with van der Waals surface area (Å²) in [5.74, 6) is -0.388. The molecule has 2 heteroatoms. The van der Waals surface area contributed by atoms with Crippen LogP contribution < -0.4 is 0 Å². The van der Waals surface area contributed by atoms with E-state index in [0.29, 0.717) is 12.3 Å². The number of carbonyl (C=O) groups is 1. The van der Waals surface area contributed by atoms with Crippen LogP contribution in [0.3, 0.4) is 0 Å². The first-order valence-corrected chi connectivity index (χ1v) is 3.51. The normalized spacial score (nSPS) is 33.9. The molecule has 0 amide bonds. The molecule has 1 aliphatic carbocycles. The second-order valence-electron chi connectivity index (χ2n) is 2.98. The molecule has 10 heavy (non-hydrogen) atoms. The zero-order valence-electron chi connectivity index (χ0n) is 6.23. The Kier molecular flexibility index (Phi) is 1.88. The summed E-state index contributed by atoms with van der Waals surface area (Å²) in [6, 6.07) is 0. The number of Topliss-reactive ketones (excluding diaryl/α,β-unsaturated/α-hetero) is 1. The van der Waals surface area contributed by atoms with Crippen LogP contribution in [0.4, 0.5) is 4.39 Å². The molecule has 0 aromatic heterocycles. The Bertz CT molecular complexity index is 184. The predicted octanol–water partition coefficient (Wildman–Crippen LogP) is 2.08. The largest absolute Gasteiger partial charge is 0.292 e. The Hall–Kier alpha value is -0.660. The molecule has 0 aliphatic heterocycles. The highest BCUT2D eigenvalue weighted by Crippen LogP contribution is 2.25. The van der Waals surface area contributed by atoms with E-state index < -0.39 is 5.83 Å². The van der Waals surface area contributed by atoms with Crippen molar-refractivity contribution >= 4 is 5.78 Å². The highest BCUT2D eigenvalue weighted by atomic mass is 19.1. The molecule has 0 fully saturated rings. The summed E-state index contributed by atoms with van der Waals surface area (Å²) in [7, 11) is 0. The van der Waals surface area contributed by atoms with Gasteiger partial charge in [-0.1, -0.05) is 13.8 Å². The lowest BCUT2D eigenvalue weighted by Crippen LogP contribution is -2.18. The van der Waals surface area contributed by atoms with Crippen molar-refractivity contribution in [1.29, 1.82) is 0 Å². The summed E-state index contributed by atoms with van der Waals surface area (Å²) in [6.07, 6.45) is 1.78. The molecular weight excluding hydrogens is 131 g/mol. The minimum Gasteiger partial charge on any atom is -0.292 e. The predicted molar refractivity (Wildman–Crippen MR) is 37.1 cm³/mol. The maximum atomic E-state index is 12.5. The second kappa shape index (κ2) is 2.52. The Morgan fingerprint density at radius 3 is 2.70 bits per heavy atom. The summed E-state index contributed by atoms with van der Waals surface area (Å²) in [4.78, 5) is 10.7. The fraction of sp³-hybridized carbons (Fsp3) is 0.625. The van der Waals surface area contributed by atoms with Gasteiger partial charge in [-0.15, -0.1) is 0 Å². The monoisotopic (exact) mass is 142 g/mol. The molecule has 0 saturated heterocycles. The Morgan fingerprint density at radius 2 is 2.20 bits per heavy atom. The van der Waals surface area contributed by atoms with Crippen molar-refractivity contribution in [1.82, 2.24) is 0 Å². The van der Waals surface area contributed by atoms with Crippen LogP contribution in [0.1, 0.15) is 20.3 Å². The van der Waals surface area contributed by atoms with Crippen LogP contribution in [-0.2, 0) is 4.79 Å². The van der Waals surface area contributed by atoms with Gasteiger partial charge in [0.2, 0.25) is 0 Å². The molecule has 0 saturated carbocycles. The average molecular weight is 142 g/mol. The SMILES string of the molecule is CC1C=C(F)C(=O)CC1C. The van der Waals surface area contributed by atoms with Crippen LogP contribution in [0.15, 0.2) is 11.9 Å². The van der Waals surface area contributed by atoms with Gasteiger partial charge >= 0.3 is 0 Å². The summed E-state index contributed by atoms with van der Waals surface area (Å²) in [5, 5.41) is 0. The third-order valence-corrected chi connectivity index (χ3v) is 2.08. The van der Waals surface area contributed by atoms with Crippen molar-refractivity contribution in [3.63, 3.8) is 0 Å². The number of rotatable bonds is 0. The summed E-state index contributed by atoms with van der Waals surface area (Å²) in [6.45, 7) is 3.89. The van der Waals surface area contributed by atoms with Crippen molar-refractivity contribution < 1.29 is 9.18 Å². The van der Waals surface area contributed by atoms with E-state index in [-0.39, 0.29) is 11.7 Å². The average Bonchev–Trinajstić information content (AvgIpc) is 1.84. The topological polar surface area (TPSA) is 17.1 Å². The molecule has 0 radical (unpaired) electrons. The Labute approximate surface area is 59.9 Å². The van der Waals surface area contributed by atoms with Crippen molar-refractivity contribution in [2.24, 2.45) is 11.8 Å². The molecule has 1 nitrogen and oxygen atoms in total. The maximum absolute atomic E-state index is 12.5. The van der Waals surface area contributed by atoms with Crippen molar-refractivity contribution in [2.45, 2.75) is 20.3 Å². The summed E-state index contributed by atoms with van der Waals surface area (Å²) in [5.41, 5.74) is 0. The molecule has 1 aliphatic rings. The van der Waals surface area contributed by atoms with Crippen molar-refractivity contribution in [2.75, 3.05) is 0 Å². The van der Waals surface area contributed by atoms with Gasteiger partial charge in [0.1, 0.15) is 0 Å². The van der Waals surface area contributed by atoms with Crippen LogP contribution in [0.5, 0.6) is 0 Å². The van der Waals surface area contributed by atoms with Crippen molar-refractivity contribution in [3.05, 3.63) is 11.9 Å². The van der Waals surface area contributed by atoms with Gasteiger partial charge in [0, 0.05) is 6.42 Å². The molecule has 0 aromatic rings. The molecule has 1 rings (SSSR count). The van der Waals surface area contributed by atoms with Gasteiger partial charge in [0.05, 0.1) is 0 Å². The molecular formula is C8H11FO. The minimum atomic E-state index is -0.550. The van der Waals surface area contributed by atoms with E-state index in [1.165, 1.54) is 6.08 Å². The lowest BCUT2D eigenvalue weighted by atomic mass is 9.86. The van der Waals surface area contributed by atoms with E-state index in [2.05, 4.69) is 0 Å². The lowest BCUT2D eigenvalue weighted by molar-refractivity contribution is -0.118.